The van der Waals surface area contributed by atoms with Crippen LogP contribution in [0.5, 0.6) is 0 Å². The number of anilines is 2. The molecular formula is C24H28N8O2. The molecule has 0 bridgehead atoms. The third-order valence-electron chi connectivity index (χ3n) is 5.84. The van der Waals surface area contributed by atoms with E-state index in [1.54, 1.807) is 18.7 Å². The van der Waals surface area contributed by atoms with Gasteiger partial charge in [-0.15, -0.1) is 0 Å². The van der Waals surface area contributed by atoms with Crippen LogP contribution in [0, 0.1) is 0 Å². The molecule has 1 aliphatic heterocycles. The van der Waals surface area contributed by atoms with Gasteiger partial charge in [-0.3, -0.25) is 14.5 Å². The number of aliphatic hydroxyl groups is 1. The molecule has 3 aromatic heterocycles. The maximum atomic E-state index is 9.83. The number of aromatic nitrogens is 5. The molecule has 0 radical (unpaired) electrons. The molecule has 1 aliphatic rings. The number of ether oxygens (including phenoxy) is 1. The van der Waals surface area contributed by atoms with E-state index in [9.17, 15) is 5.11 Å². The van der Waals surface area contributed by atoms with Crippen LogP contribution in [0.3, 0.4) is 0 Å². The largest absolute Gasteiger partial charge is 0.394 e. The number of pyridine rings is 1. The van der Waals surface area contributed by atoms with Gasteiger partial charge in [0.2, 0.25) is 0 Å². The summed E-state index contributed by atoms with van der Waals surface area (Å²) in [5.74, 6) is 0.666. The van der Waals surface area contributed by atoms with Crippen LogP contribution in [0.2, 0.25) is 0 Å². The van der Waals surface area contributed by atoms with Crippen LogP contribution in [0.25, 0.3) is 11.2 Å². The summed E-state index contributed by atoms with van der Waals surface area (Å²) >= 11 is 0. The van der Waals surface area contributed by atoms with Crippen LogP contribution >= 0.6 is 0 Å². The van der Waals surface area contributed by atoms with Crippen molar-refractivity contribution < 1.29 is 9.84 Å². The Kier molecular flexibility index (Phi) is 6.89. The van der Waals surface area contributed by atoms with E-state index in [1.807, 2.05) is 34.9 Å². The van der Waals surface area contributed by atoms with Gasteiger partial charge in [0, 0.05) is 50.8 Å². The van der Waals surface area contributed by atoms with Crippen molar-refractivity contribution in [3.8, 4) is 0 Å². The zero-order valence-corrected chi connectivity index (χ0v) is 18.8. The van der Waals surface area contributed by atoms with E-state index in [1.165, 1.54) is 6.33 Å². The van der Waals surface area contributed by atoms with E-state index in [2.05, 4.69) is 47.6 Å². The Morgan fingerprint density at radius 2 is 1.85 bits per heavy atom. The van der Waals surface area contributed by atoms with Crippen molar-refractivity contribution >= 4 is 22.7 Å². The highest BCUT2D eigenvalue weighted by Gasteiger charge is 2.29. The summed E-state index contributed by atoms with van der Waals surface area (Å²) < 4.78 is 8.10. The third kappa shape index (κ3) is 5.14. The van der Waals surface area contributed by atoms with E-state index >= 15 is 0 Å². The van der Waals surface area contributed by atoms with Crippen molar-refractivity contribution in [3.63, 3.8) is 0 Å². The quantitative estimate of drug-likeness (QED) is 0.346. The highest BCUT2D eigenvalue weighted by molar-refractivity contribution is 5.82. The van der Waals surface area contributed by atoms with Crippen LogP contribution in [0.1, 0.15) is 11.8 Å². The molecule has 34 heavy (non-hydrogen) atoms. The molecule has 1 fully saturated rings. The minimum absolute atomic E-state index is 0.0422. The average molecular weight is 461 g/mol. The SMILES string of the molecule is OC[C@@H]1CN(CCNc2ccccc2)C[C@H](n2cnc3c(NCc4ccncc4)ncnc32)O1. The van der Waals surface area contributed by atoms with Gasteiger partial charge in [0.05, 0.1) is 19.0 Å². The lowest BCUT2D eigenvalue weighted by Crippen LogP contribution is -2.48. The molecule has 2 atom stereocenters. The maximum Gasteiger partial charge on any atom is 0.167 e. The number of rotatable bonds is 9. The number of morpholine rings is 1. The van der Waals surface area contributed by atoms with Crippen molar-refractivity contribution in [2.45, 2.75) is 18.9 Å². The zero-order chi connectivity index (χ0) is 23.2. The summed E-state index contributed by atoms with van der Waals surface area (Å²) in [4.78, 5) is 19.8. The van der Waals surface area contributed by atoms with E-state index in [-0.39, 0.29) is 18.9 Å². The fraction of sp³-hybridized carbons (Fsp3) is 0.333. The van der Waals surface area contributed by atoms with Crippen LogP contribution < -0.4 is 10.6 Å². The number of hydrogen-bond donors (Lipinski definition) is 3. The monoisotopic (exact) mass is 460 g/mol. The van der Waals surface area contributed by atoms with Crippen LogP contribution in [0.4, 0.5) is 11.5 Å². The molecule has 0 amide bonds. The van der Waals surface area contributed by atoms with Gasteiger partial charge in [0.15, 0.2) is 17.0 Å². The Morgan fingerprint density at radius 1 is 1.00 bits per heavy atom. The fourth-order valence-electron chi connectivity index (χ4n) is 4.12. The van der Waals surface area contributed by atoms with Crippen LogP contribution in [-0.4, -0.2) is 73.4 Å². The molecule has 10 nitrogen and oxygen atoms in total. The molecule has 176 valence electrons. The normalized spacial score (nSPS) is 18.7. The van der Waals surface area contributed by atoms with Gasteiger partial charge < -0.3 is 20.5 Å². The number of hydrogen-bond acceptors (Lipinski definition) is 9. The topological polar surface area (TPSA) is 113 Å². The fourth-order valence-corrected chi connectivity index (χ4v) is 4.12. The van der Waals surface area contributed by atoms with E-state index in [4.69, 9.17) is 4.74 Å². The van der Waals surface area contributed by atoms with Crippen molar-refractivity contribution in [2.75, 3.05) is 43.4 Å². The summed E-state index contributed by atoms with van der Waals surface area (Å²) in [7, 11) is 0. The van der Waals surface area contributed by atoms with Crippen molar-refractivity contribution in [1.82, 2.24) is 29.4 Å². The molecule has 0 spiro atoms. The van der Waals surface area contributed by atoms with Crippen LogP contribution in [-0.2, 0) is 11.3 Å². The number of imidazole rings is 1. The Labute approximate surface area is 197 Å². The minimum Gasteiger partial charge on any atom is -0.394 e. The first-order chi connectivity index (χ1) is 16.8. The Balaban J connectivity index is 1.28. The van der Waals surface area contributed by atoms with E-state index < -0.39 is 0 Å². The number of nitrogens with one attached hydrogen (secondary N) is 2. The van der Waals surface area contributed by atoms with Gasteiger partial charge >= 0.3 is 0 Å². The molecule has 0 unspecified atom stereocenters. The summed E-state index contributed by atoms with van der Waals surface area (Å²) in [6, 6.07) is 14.0. The first-order valence-corrected chi connectivity index (χ1v) is 11.4. The number of para-hydroxylation sites is 1. The van der Waals surface area contributed by atoms with Gasteiger partial charge in [-0.25, -0.2) is 15.0 Å². The minimum atomic E-state index is -0.310. The standard InChI is InChI=1S/C24H28N8O2/c33-15-20-13-31(11-10-26-19-4-2-1-3-5-19)14-21(34-20)32-17-30-22-23(28-16-29-24(22)32)27-12-18-6-8-25-9-7-18/h1-9,16-17,20-21,26,33H,10-15H2,(H,27,28,29)/t20-,21+/m0/s1. The van der Waals surface area contributed by atoms with Crippen molar-refractivity contribution in [2.24, 2.45) is 0 Å². The van der Waals surface area contributed by atoms with Gasteiger partial charge in [-0.2, -0.15) is 0 Å². The van der Waals surface area contributed by atoms with Crippen molar-refractivity contribution in [3.05, 3.63) is 73.1 Å². The molecule has 0 saturated carbocycles. The van der Waals surface area contributed by atoms with Gasteiger partial charge in [-0.1, -0.05) is 18.2 Å². The number of nitrogens with zero attached hydrogens (tertiary/aromatic N) is 6. The highest BCUT2D eigenvalue weighted by Crippen LogP contribution is 2.26. The lowest BCUT2D eigenvalue weighted by molar-refractivity contribution is -0.132. The van der Waals surface area contributed by atoms with Gasteiger partial charge in [-0.05, 0) is 29.8 Å². The molecule has 4 aromatic rings. The Bertz CT molecular complexity index is 1190. The third-order valence-corrected chi connectivity index (χ3v) is 5.84. The molecule has 1 aromatic carbocycles. The average Bonchev–Trinajstić information content (AvgIpc) is 3.33. The lowest BCUT2D eigenvalue weighted by atomic mass is 10.2. The number of aliphatic hydroxyl groups excluding tert-OH is 1. The molecule has 10 heteroatoms. The second kappa shape index (κ2) is 10.6. The smallest absolute Gasteiger partial charge is 0.167 e. The first-order valence-electron chi connectivity index (χ1n) is 11.4. The molecule has 1 saturated heterocycles. The summed E-state index contributed by atoms with van der Waals surface area (Å²) in [5, 5.41) is 16.6. The van der Waals surface area contributed by atoms with Crippen molar-refractivity contribution in [1.29, 1.82) is 0 Å². The number of fused-ring (bicyclic) bond motifs is 1. The summed E-state index contributed by atoms with van der Waals surface area (Å²) in [5.41, 5.74) is 3.57. The summed E-state index contributed by atoms with van der Waals surface area (Å²) in [6.45, 7) is 3.53. The highest BCUT2D eigenvalue weighted by atomic mass is 16.5. The molecule has 5 rings (SSSR count). The molecule has 4 heterocycles. The lowest BCUT2D eigenvalue weighted by Gasteiger charge is -2.37. The van der Waals surface area contributed by atoms with Gasteiger partial charge in [0.1, 0.15) is 12.6 Å². The summed E-state index contributed by atoms with van der Waals surface area (Å²) in [6.07, 6.45) is 6.21. The Morgan fingerprint density at radius 3 is 2.68 bits per heavy atom. The molecule has 3 N–H and O–H groups in total. The molecule has 0 aliphatic carbocycles. The van der Waals surface area contributed by atoms with Crippen LogP contribution in [0.15, 0.2) is 67.5 Å². The maximum absolute atomic E-state index is 9.83. The molecular weight excluding hydrogens is 432 g/mol. The predicted octanol–water partition coefficient (Wildman–Crippen LogP) is 2.14. The Hall–Kier alpha value is -3.60. The zero-order valence-electron chi connectivity index (χ0n) is 18.8. The second-order valence-corrected chi connectivity index (χ2v) is 8.20. The van der Waals surface area contributed by atoms with Gasteiger partial charge in [0.25, 0.3) is 0 Å². The predicted molar refractivity (Wildman–Crippen MR) is 129 cm³/mol. The van der Waals surface area contributed by atoms with E-state index in [0.29, 0.717) is 36.6 Å². The first kappa shape index (κ1) is 22.2. The number of benzene rings is 1. The van der Waals surface area contributed by atoms with E-state index in [0.717, 1.165) is 24.3 Å². The second-order valence-electron chi connectivity index (χ2n) is 8.20.